The van der Waals surface area contributed by atoms with Crippen LogP contribution in [0.3, 0.4) is 0 Å². The Morgan fingerprint density at radius 3 is 2.62 bits per heavy atom. The van der Waals surface area contributed by atoms with Crippen molar-refractivity contribution in [1.82, 2.24) is 5.32 Å². The lowest BCUT2D eigenvalue weighted by atomic mass is 9.85. The van der Waals surface area contributed by atoms with E-state index >= 15 is 0 Å². The van der Waals surface area contributed by atoms with Gasteiger partial charge in [0.05, 0.1) is 24.1 Å². The topological polar surface area (TPSA) is 111 Å². The fraction of sp³-hybridized carbons (Fsp3) is 0.381. The number of hydrogen-bond acceptors (Lipinski definition) is 7. The summed E-state index contributed by atoms with van der Waals surface area (Å²) in [6.07, 6.45) is -0.199. The summed E-state index contributed by atoms with van der Waals surface area (Å²) in [5, 5.41) is 25.6. The average Bonchev–Trinajstić information content (AvgIpc) is 2.70. The highest BCUT2D eigenvalue weighted by Crippen LogP contribution is 2.43. The molecule has 8 heteroatoms. The minimum absolute atomic E-state index is 0.179. The van der Waals surface area contributed by atoms with Gasteiger partial charge in [0.2, 0.25) is 0 Å². The number of rotatable bonds is 6. The number of carbonyl (C=O) groups excluding carboxylic acids is 1. The second-order valence-corrected chi connectivity index (χ2v) is 7.47. The molecule has 2 N–H and O–H groups in total. The monoisotopic (exact) mass is 400 g/mol. The van der Waals surface area contributed by atoms with Gasteiger partial charge in [-0.15, -0.1) is 0 Å². The highest BCUT2D eigenvalue weighted by atomic mass is 16.6. The molecule has 0 saturated carbocycles. The van der Waals surface area contributed by atoms with Crippen LogP contribution in [0.25, 0.3) is 0 Å². The van der Waals surface area contributed by atoms with Gasteiger partial charge in [-0.1, -0.05) is 30.3 Å². The number of methoxy groups -OCH3 is 1. The summed E-state index contributed by atoms with van der Waals surface area (Å²) in [4.78, 5) is 22.9. The first-order valence-electron chi connectivity index (χ1n) is 9.29. The lowest BCUT2D eigenvalue weighted by molar-refractivity contribution is -0.385. The minimum Gasteiger partial charge on any atom is -0.484 e. The smallest absolute Gasteiger partial charge is 0.344 e. The lowest BCUT2D eigenvalue weighted by Gasteiger charge is -2.42. The van der Waals surface area contributed by atoms with Gasteiger partial charge in [-0.05, 0) is 38.4 Å². The van der Waals surface area contributed by atoms with Gasteiger partial charge >= 0.3 is 5.97 Å². The molecule has 29 heavy (non-hydrogen) atoms. The summed E-state index contributed by atoms with van der Waals surface area (Å²) >= 11 is 0. The Morgan fingerprint density at radius 1 is 1.31 bits per heavy atom. The van der Waals surface area contributed by atoms with Crippen LogP contribution in [0, 0.1) is 10.1 Å². The molecule has 1 aliphatic heterocycles. The van der Waals surface area contributed by atoms with Crippen LogP contribution < -0.4 is 10.1 Å². The number of aliphatic hydroxyl groups excluding tert-OH is 1. The fourth-order valence-corrected chi connectivity index (χ4v) is 3.50. The zero-order chi connectivity index (χ0) is 21.2. The Bertz CT molecular complexity index is 913. The van der Waals surface area contributed by atoms with E-state index in [0.717, 1.165) is 19.1 Å². The van der Waals surface area contributed by atoms with Crippen molar-refractivity contribution in [2.75, 3.05) is 13.7 Å². The predicted octanol–water partition coefficient (Wildman–Crippen LogP) is 2.79. The number of nitro groups is 1. The first-order chi connectivity index (χ1) is 13.7. The van der Waals surface area contributed by atoms with Crippen molar-refractivity contribution in [3.05, 3.63) is 69.3 Å². The van der Waals surface area contributed by atoms with Crippen molar-refractivity contribution < 1.29 is 24.3 Å². The lowest BCUT2D eigenvalue weighted by Crippen LogP contribution is -2.52. The number of nitro benzene ring substituents is 1. The van der Waals surface area contributed by atoms with Crippen molar-refractivity contribution >= 4 is 11.7 Å². The maximum Gasteiger partial charge on any atom is 0.344 e. The number of hydrogen-bond donors (Lipinski definition) is 2. The van der Waals surface area contributed by atoms with Gasteiger partial charge in [-0.3, -0.25) is 10.1 Å². The van der Waals surface area contributed by atoms with Crippen molar-refractivity contribution in [2.45, 2.75) is 38.0 Å². The van der Waals surface area contributed by atoms with E-state index in [1.54, 1.807) is 13.8 Å². The van der Waals surface area contributed by atoms with Gasteiger partial charge in [-0.2, -0.15) is 0 Å². The van der Waals surface area contributed by atoms with Gasteiger partial charge in [0, 0.05) is 5.56 Å². The highest BCUT2D eigenvalue weighted by molar-refractivity contribution is 5.94. The first kappa shape index (κ1) is 20.8. The molecule has 0 aliphatic carbocycles. The number of ether oxygens (including phenoxy) is 2. The Kier molecular flexibility index (Phi) is 5.86. The summed E-state index contributed by atoms with van der Waals surface area (Å²) in [5.74, 6) is -0.557. The zero-order valence-corrected chi connectivity index (χ0v) is 16.5. The third kappa shape index (κ3) is 4.23. The van der Waals surface area contributed by atoms with E-state index in [1.807, 2.05) is 30.3 Å². The van der Waals surface area contributed by atoms with Crippen LogP contribution in [-0.4, -0.2) is 41.4 Å². The van der Waals surface area contributed by atoms with E-state index in [4.69, 9.17) is 9.47 Å². The van der Waals surface area contributed by atoms with E-state index < -0.39 is 34.3 Å². The molecule has 2 atom stereocenters. The van der Waals surface area contributed by atoms with Crippen molar-refractivity contribution in [3.8, 4) is 5.75 Å². The fourth-order valence-electron chi connectivity index (χ4n) is 3.50. The van der Waals surface area contributed by atoms with Crippen LogP contribution in [-0.2, 0) is 11.2 Å². The Labute approximate surface area is 168 Å². The van der Waals surface area contributed by atoms with E-state index in [-0.39, 0.29) is 11.3 Å². The molecule has 8 nitrogen and oxygen atoms in total. The summed E-state index contributed by atoms with van der Waals surface area (Å²) in [7, 11) is 1.16. The van der Waals surface area contributed by atoms with Gasteiger partial charge < -0.3 is 19.9 Å². The molecule has 154 valence electrons. The van der Waals surface area contributed by atoms with Crippen LogP contribution in [0.15, 0.2) is 42.5 Å². The van der Waals surface area contributed by atoms with Gasteiger partial charge in [0.1, 0.15) is 23.0 Å². The van der Waals surface area contributed by atoms with Crippen LogP contribution in [0.1, 0.15) is 41.4 Å². The summed E-state index contributed by atoms with van der Waals surface area (Å²) in [6.45, 7) is 3.99. The molecule has 2 aromatic carbocycles. The first-order valence-corrected chi connectivity index (χ1v) is 9.29. The second kappa shape index (κ2) is 8.18. The molecule has 0 bridgehead atoms. The van der Waals surface area contributed by atoms with E-state index in [1.165, 1.54) is 12.1 Å². The number of carbonyl (C=O) groups is 1. The third-order valence-corrected chi connectivity index (χ3v) is 5.09. The van der Waals surface area contributed by atoms with Gasteiger partial charge in [-0.25, -0.2) is 4.79 Å². The maximum absolute atomic E-state index is 12.1. The zero-order valence-electron chi connectivity index (χ0n) is 16.5. The second-order valence-electron chi connectivity index (χ2n) is 7.47. The number of benzene rings is 2. The van der Waals surface area contributed by atoms with Crippen LogP contribution in [0.5, 0.6) is 5.75 Å². The molecule has 3 rings (SSSR count). The van der Waals surface area contributed by atoms with Crippen LogP contribution >= 0.6 is 0 Å². The van der Waals surface area contributed by atoms with Crippen molar-refractivity contribution in [1.29, 1.82) is 0 Å². The largest absolute Gasteiger partial charge is 0.484 e. The van der Waals surface area contributed by atoms with Crippen LogP contribution in [0.2, 0.25) is 0 Å². The number of aliphatic hydroxyl groups is 1. The number of nitrogens with zero attached hydrogens (tertiary/aromatic N) is 1. The highest BCUT2D eigenvalue weighted by Gasteiger charge is 2.44. The molecule has 2 aromatic rings. The van der Waals surface area contributed by atoms with Crippen molar-refractivity contribution in [2.24, 2.45) is 0 Å². The molecule has 0 radical (unpaired) electrons. The van der Waals surface area contributed by atoms with Crippen molar-refractivity contribution in [3.63, 3.8) is 0 Å². The van der Waals surface area contributed by atoms with E-state index in [9.17, 15) is 20.0 Å². The molecule has 0 saturated heterocycles. The predicted molar refractivity (Wildman–Crippen MR) is 106 cm³/mol. The molecule has 0 spiro atoms. The standard InChI is InChI=1S/C21H24N2O6/c1-21(2)19(24)18(22-10-9-13-7-5-4-6-8-13)15-11-14(20(25)28-3)16(23(26)27)12-17(15)29-21/h4-8,11-12,18-19,22,24H,9-10H2,1-3H3. The Hall–Kier alpha value is -2.97. The summed E-state index contributed by atoms with van der Waals surface area (Å²) in [5.41, 5.74) is 0.0706. The molecule has 0 amide bonds. The SMILES string of the molecule is COC(=O)c1cc2c(cc1[N+](=O)[O-])OC(C)(C)C(O)C2NCCc1ccccc1. The summed E-state index contributed by atoms with van der Waals surface area (Å²) < 4.78 is 10.5. The Morgan fingerprint density at radius 2 is 2.00 bits per heavy atom. The molecule has 0 aromatic heterocycles. The maximum atomic E-state index is 12.1. The Balaban J connectivity index is 1.96. The third-order valence-electron chi connectivity index (χ3n) is 5.09. The molecule has 1 aliphatic rings. The number of nitrogens with one attached hydrogen (secondary N) is 1. The van der Waals surface area contributed by atoms with E-state index in [2.05, 4.69) is 5.32 Å². The molecular formula is C21H24N2O6. The average molecular weight is 400 g/mol. The molecule has 2 unspecified atom stereocenters. The number of fused-ring (bicyclic) bond motifs is 1. The molecular weight excluding hydrogens is 376 g/mol. The number of esters is 1. The van der Waals surface area contributed by atoms with Gasteiger partial charge in [0.15, 0.2) is 0 Å². The normalized spacial score (nSPS) is 19.7. The quantitative estimate of drug-likeness (QED) is 0.436. The molecule has 1 heterocycles. The minimum atomic E-state index is -0.974. The van der Waals surface area contributed by atoms with E-state index in [0.29, 0.717) is 12.1 Å². The molecule has 0 fully saturated rings. The summed E-state index contributed by atoms with van der Waals surface area (Å²) in [6, 6.07) is 11.9. The van der Waals surface area contributed by atoms with Gasteiger partial charge in [0.25, 0.3) is 5.69 Å². The van der Waals surface area contributed by atoms with Crippen LogP contribution in [0.4, 0.5) is 5.69 Å².